The summed E-state index contributed by atoms with van der Waals surface area (Å²) in [5.41, 5.74) is 1.84. The first-order valence-corrected chi connectivity index (χ1v) is 7.20. The molecule has 1 aromatic carbocycles. The van der Waals surface area contributed by atoms with E-state index in [9.17, 15) is 14.9 Å². The molecule has 0 aliphatic rings. The van der Waals surface area contributed by atoms with Gasteiger partial charge in [0, 0.05) is 19.5 Å². The van der Waals surface area contributed by atoms with Gasteiger partial charge in [-0.15, -0.1) is 0 Å². The number of nitrogens with one attached hydrogen (secondary N) is 1. The van der Waals surface area contributed by atoms with Crippen LogP contribution in [0.4, 0.5) is 5.69 Å². The first-order valence-electron chi connectivity index (χ1n) is 7.20. The second-order valence-electron chi connectivity index (χ2n) is 5.04. The largest absolute Gasteiger partial charge is 0.392 e. The third kappa shape index (κ3) is 5.19. The van der Waals surface area contributed by atoms with E-state index in [2.05, 4.69) is 10.4 Å². The molecule has 1 heterocycles. The Morgan fingerprint density at radius 2 is 2.00 bits per heavy atom. The highest BCUT2D eigenvalue weighted by Crippen LogP contribution is 2.08. The van der Waals surface area contributed by atoms with E-state index < -0.39 is 4.92 Å². The third-order valence-electron chi connectivity index (χ3n) is 3.34. The van der Waals surface area contributed by atoms with E-state index in [1.165, 1.54) is 10.9 Å². The Hall–Kier alpha value is -2.74. The molecular weight excluding hydrogens is 300 g/mol. The maximum atomic E-state index is 11.7. The summed E-state index contributed by atoms with van der Waals surface area (Å²) in [6.07, 6.45) is 3.37. The third-order valence-corrected chi connectivity index (χ3v) is 3.34. The van der Waals surface area contributed by atoms with Gasteiger partial charge in [0.2, 0.25) is 5.91 Å². The van der Waals surface area contributed by atoms with E-state index >= 15 is 0 Å². The maximum Gasteiger partial charge on any atom is 0.306 e. The van der Waals surface area contributed by atoms with Gasteiger partial charge in [-0.25, -0.2) is 0 Å². The molecule has 8 heteroatoms. The van der Waals surface area contributed by atoms with Crippen LogP contribution in [0.25, 0.3) is 0 Å². The number of nitrogens with zero attached hydrogens (tertiary/aromatic N) is 3. The van der Waals surface area contributed by atoms with Crippen molar-refractivity contribution in [3.05, 3.63) is 57.9 Å². The van der Waals surface area contributed by atoms with Gasteiger partial charge in [0.1, 0.15) is 12.4 Å². The van der Waals surface area contributed by atoms with Crippen LogP contribution in [0.5, 0.6) is 0 Å². The molecule has 0 bridgehead atoms. The van der Waals surface area contributed by atoms with Crippen LogP contribution in [0.15, 0.2) is 36.7 Å². The molecule has 23 heavy (non-hydrogen) atoms. The van der Waals surface area contributed by atoms with Gasteiger partial charge in [0.15, 0.2) is 0 Å². The van der Waals surface area contributed by atoms with Crippen molar-refractivity contribution in [3.63, 3.8) is 0 Å². The Kier molecular flexibility index (Phi) is 5.81. The Morgan fingerprint density at radius 3 is 2.61 bits per heavy atom. The predicted octanol–water partition coefficient (Wildman–Crippen LogP) is 1.03. The number of aliphatic hydroxyl groups excluding tert-OH is 1. The van der Waals surface area contributed by atoms with E-state index in [1.54, 1.807) is 0 Å². The number of aliphatic hydroxyl groups is 1. The van der Waals surface area contributed by atoms with Gasteiger partial charge in [0.05, 0.1) is 11.5 Å². The van der Waals surface area contributed by atoms with Crippen LogP contribution >= 0.6 is 0 Å². The number of hydrogen-bond donors (Lipinski definition) is 2. The molecule has 0 radical (unpaired) electrons. The van der Waals surface area contributed by atoms with Gasteiger partial charge in [-0.1, -0.05) is 24.3 Å². The fourth-order valence-electron chi connectivity index (χ4n) is 2.03. The second-order valence-corrected chi connectivity index (χ2v) is 5.04. The van der Waals surface area contributed by atoms with E-state index in [1.807, 2.05) is 24.3 Å². The van der Waals surface area contributed by atoms with Crippen LogP contribution in [0.1, 0.15) is 17.5 Å². The van der Waals surface area contributed by atoms with Crippen LogP contribution in [0.2, 0.25) is 0 Å². The molecule has 0 saturated heterocycles. The lowest BCUT2D eigenvalue weighted by atomic mass is 10.1. The molecule has 2 rings (SSSR count). The van der Waals surface area contributed by atoms with Crippen molar-refractivity contribution in [2.75, 3.05) is 6.54 Å². The van der Waals surface area contributed by atoms with Crippen molar-refractivity contribution in [1.82, 2.24) is 15.1 Å². The predicted molar refractivity (Wildman–Crippen MR) is 82.6 cm³/mol. The molecule has 0 saturated carbocycles. The summed E-state index contributed by atoms with van der Waals surface area (Å²) in [6.45, 7) is 0.823. The summed E-state index contributed by atoms with van der Waals surface area (Å²) in [5.74, 6) is -0.130. The molecule has 2 aromatic rings. The molecule has 0 fully saturated rings. The van der Waals surface area contributed by atoms with Gasteiger partial charge in [-0.2, -0.15) is 5.10 Å². The molecule has 8 nitrogen and oxygen atoms in total. The smallest absolute Gasteiger partial charge is 0.306 e. The molecule has 122 valence electrons. The van der Waals surface area contributed by atoms with E-state index in [0.29, 0.717) is 19.5 Å². The lowest BCUT2D eigenvalue weighted by molar-refractivity contribution is -0.385. The van der Waals surface area contributed by atoms with Gasteiger partial charge in [-0.05, 0) is 17.5 Å². The summed E-state index contributed by atoms with van der Waals surface area (Å²) in [6, 6.07) is 7.53. The van der Waals surface area contributed by atoms with Crippen LogP contribution < -0.4 is 5.32 Å². The molecule has 1 amide bonds. The average molecular weight is 318 g/mol. The second kappa shape index (κ2) is 8.04. The highest BCUT2D eigenvalue weighted by atomic mass is 16.6. The van der Waals surface area contributed by atoms with Gasteiger partial charge < -0.3 is 10.4 Å². The first kappa shape index (κ1) is 16.6. The lowest BCUT2D eigenvalue weighted by Crippen LogP contribution is -2.26. The Labute approximate surface area is 132 Å². The van der Waals surface area contributed by atoms with Gasteiger partial charge in [0.25, 0.3) is 0 Å². The van der Waals surface area contributed by atoms with Gasteiger partial charge >= 0.3 is 5.69 Å². The van der Waals surface area contributed by atoms with E-state index in [-0.39, 0.29) is 24.6 Å². The Balaban J connectivity index is 1.69. The minimum absolute atomic E-state index is 0.0165. The molecule has 0 spiro atoms. The van der Waals surface area contributed by atoms with Crippen LogP contribution in [0, 0.1) is 10.1 Å². The molecule has 0 aliphatic heterocycles. The molecule has 0 aliphatic carbocycles. The zero-order chi connectivity index (χ0) is 16.7. The van der Waals surface area contributed by atoms with Crippen molar-refractivity contribution < 1.29 is 14.8 Å². The number of hydrogen-bond acceptors (Lipinski definition) is 5. The fraction of sp³-hybridized carbons (Fsp3) is 0.333. The summed E-state index contributed by atoms with van der Waals surface area (Å²) in [5, 5.41) is 26.1. The highest BCUT2D eigenvalue weighted by molar-refractivity contribution is 5.75. The number of aromatic nitrogens is 2. The van der Waals surface area contributed by atoms with Crippen LogP contribution in [-0.4, -0.2) is 32.3 Å². The maximum absolute atomic E-state index is 11.7. The number of carbonyl (C=O) groups excluding carboxylic acids is 1. The average Bonchev–Trinajstić information content (AvgIpc) is 3.03. The summed E-state index contributed by atoms with van der Waals surface area (Å²) >= 11 is 0. The molecule has 2 N–H and O–H groups in total. The topological polar surface area (TPSA) is 110 Å². The molecular formula is C15H18N4O4. The van der Waals surface area contributed by atoms with Crippen LogP contribution in [-0.2, 0) is 24.4 Å². The van der Waals surface area contributed by atoms with Crippen molar-refractivity contribution in [1.29, 1.82) is 0 Å². The van der Waals surface area contributed by atoms with Crippen LogP contribution in [0.3, 0.4) is 0 Å². The van der Waals surface area contributed by atoms with Crippen molar-refractivity contribution in [2.45, 2.75) is 26.0 Å². The number of amides is 1. The van der Waals surface area contributed by atoms with E-state index in [0.717, 1.165) is 17.3 Å². The molecule has 0 unspecified atom stereocenters. The quantitative estimate of drug-likeness (QED) is 0.558. The fourth-order valence-corrected chi connectivity index (χ4v) is 2.03. The lowest BCUT2D eigenvalue weighted by Gasteiger charge is -2.06. The van der Waals surface area contributed by atoms with Crippen molar-refractivity contribution in [3.8, 4) is 0 Å². The number of carbonyl (C=O) groups is 1. The SMILES string of the molecule is O=C(CCn1cc([N+](=O)[O-])cn1)NCCc1ccc(CO)cc1. The summed E-state index contributed by atoms with van der Waals surface area (Å²) < 4.78 is 1.38. The van der Waals surface area contributed by atoms with Crippen molar-refractivity contribution >= 4 is 11.6 Å². The van der Waals surface area contributed by atoms with Gasteiger partial charge in [-0.3, -0.25) is 19.6 Å². The summed E-state index contributed by atoms with van der Waals surface area (Å²) in [7, 11) is 0. The number of nitro groups is 1. The van der Waals surface area contributed by atoms with Crippen molar-refractivity contribution in [2.24, 2.45) is 0 Å². The Bertz CT molecular complexity index is 666. The number of benzene rings is 1. The highest BCUT2D eigenvalue weighted by Gasteiger charge is 2.09. The zero-order valence-corrected chi connectivity index (χ0v) is 12.5. The normalized spacial score (nSPS) is 10.5. The standard InChI is InChI=1S/C15H18N4O4/c20-11-13-3-1-12(2-4-13)5-7-16-15(21)6-8-18-10-14(9-17-18)19(22)23/h1-4,9-10,20H,5-8,11H2,(H,16,21). The number of rotatable bonds is 8. The monoisotopic (exact) mass is 318 g/mol. The first-order chi connectivity index (χ1) is 11.1. The molecule has 0 atom stereocenters. The zero-order valence-electron chi connectivity index (χ0n) is 12.5. The summed E-state index contributed by atoms with van der Waals surface area (Å²) in [4.78, 5) is 21.7. The number of aryl methyl sites for hydroxylation is 1. The minimum atomic E-state index is -0.522. The Morgan fingerprint density at radius 1 is 1.30 bits per heavy atom. The molecule has 1 aromatic heterocycles. The van der Waals surface area contributed by atoms with E-state index in [4.69, 9.17) is 5.11 Å². The minimum Gasteiger partial charge on any atom is -0.392 e.